The van der Waals surface area contributed by atoms with Crippen molar-refractivity contribution in [1.82, 2.24) is 9.97 Å². The van der Waals surface area contributed by atoms with E-state index in [1.165, 1.54) is 30.2 Å². The number of methoxy groups -OCH3 is 1. The van der Waals surface area contributed by atoms with Gasteiger partial charge in [0, 0.05) is 4.88 Å². The van der Waals surface area contributed by atoms with Gasteiger partial charge < -0.3 is 23.9 Å². The fourth-order valence-electron chi connectivity index (χ4n) is 4.76. The second kappa shape index (κ2) is 10.5. The number of fused-ring (bicyclic) bond motifs is 1. The summed E-state index contributed by atoms with van der Waals surface area (Å²) in [6.07, 6.45) is 5.88. The second-order valence-electron chi connectivity index (χ2n) is 10.5. The van der Waals surface area contributed by atoms with Crippen LogP contribution < -0.4 is 5.32 Å². The summed E-state index contributed by atoms with van der Waals surface area (Å²) < 4.78 is 16.2. The fourth-order valence-corrected chi connectivity index (χ4v) is 6.89. The maximum Gasteiger partial charge on any atom is 0.341 e. The zero-order valence-electron chi connectivity index (χ0n) is 22.0. The van der Waals surface area contributed by atoms with E-state index in [9.17, 15) is 9.59 Å². The number of thiophene rings is 1. The lowest BCUT2D eigenvalue weighted by Crippen LogP contribution is -2.26. The molecule has 38 heavy (non-hydrogen) atoms. The van der Waals surface area contributed by atoms with Gasteiger partial charge in [-0.15, -0.1) is 11.3 Å². The molecule has 2 atom stereocenters. The average Bonchev–Trinajstić information content (AvgIpc) is 3.68. The van der Waals surface area contributed by atoms with E-state index in [1.54, 1.807) is 24.7 Å². The predicted octanol–water partition coefficient (Wildman–Crippen LogP) is 7.05. The number of aromatic nitrogens is 2. The minimum atomic E-state index is -0.498. The fraction of sp³-hybridized carbons (Fsp3) is 0.393. The molecule has 8 nitrogen and oxygen atoms in total. The number of thioether (sulfide) groups is 1. The second-order valence-corrected chi connectivity index (χ2v) is 12.9. The van der Waals surface area contributed by atoms with Gasteiger partial charge in [0.05, 0.1) is 30.4 Å². The number of H-pyrrole nitrogens is 1. The van der Waals surface area contributed by atoms with Gasteiger partial charge in [-0.3, -0.25) is 4.79 Å². The molecule has 0 saturated carbocycles. The number of carbonyl (C=O) groups is 2. The van der Waals surface area contributed by atoms with Gasteiger partial charge in [0.25, 0.3) is 0 Å². The van der Waals surface area contributed by atoms with Crippen LogP contribution in [0.5, 0.6) is 0 Å². The van der Waals surface area contributed by atoms with Crippen LogP contribution in [0.25, 0.3) is 22.9 Å². The first-order valence-electron chi connectivity index (χ1n) is 12.5. The van der Waals surface area contributed by atoms with Crippen molar-refractivity contribution < 1.29 is 23.2 Å². The van der Waals surface area contributed by atoms with E-state index in [0.717, 1.165) is 29.7 Å². The molecule has 2 unspecified atom stereocenters. The number of aromatic amines is 1. The number of furan rings is 2. The SMILES string of the molecule is COC(=O)c1c(NC(=O)C(C)Sc2nc(-c3ccco3)c(-c3ccco3)[nH]2)sc2c1CCC(C(C)(C)C)C2. The van der Waals surface area contributed by atoms with Gasteiger partial charge in [0.2, 0.25) is 5.91 Å². The van der Waals surface area contributed by atoms with Crippen molar-refractivity contribution in [1.29, 1.82) is 0 Å². The summed E-state index contributed by atoms with van der Waals surface area (Å²) in [6, 6.07) is 7.25. The van der Waals surface area contributed by atoms with E-state index in [0.29, 0.717) is 44.5 Å². The Morgan fingerprint density at radius 2 is 1.92 bits per heavy atom. The Balaban J connectivity index is 1.37. The molecule has 0 bridgehead atoms. The predicted molar refractivity (Wildman–Crippen MR) is 149 cm³/mol. The van der Waals surface area contributed by atoms with Gasteiger partial charge in [-0.05, 0) is 67.3 Å². The molecule has 10 heteroatoms. The minimum Gasteiger partial charge on any atom is -0.465 e. The highest BCUT2D eigenvalue weighted by molar-refractivity contribution is 8.00. The third-order valence-corrected chi connectivity index (χ3v) is 9.13. The molecule has 1 aliphatic carbocycles. The van der Waals surface area contributed by atoms with Gasteiger partial charge in [0.15, 0.2) is 16.7 Å². The molecular formula is C28H31N3O5S2. The molecular weight excluding hydrogens is 522 g/mol. The lowest BCUT2D eigenvalue weighted by atomic mass is 9.72. The number of hydrogen-bond acceptors (Lipinski definition) is 8. The zero-order valence-corrected chi connectivity index (χ0v) is 23.7. The van der Waals surface area contributed by atoms with Crippen molar-refractivity contribution in [2.45, 2.75) is 57.4 Å². The number of ether oxygens (including phenoxy) is 1. The molecule has 0 radical (unpaired) electrons. The van der Waals surface area contributed by atoms with Gasteiger partial charge in [-0.1, -0.05) is 32.5 Å². The first-order valence-corrected chi connectivity index (χ1v) is 14.2. The third kappa shape index (κ3) is 5.19. The van der Waals surface area contributed by atoms with Crippen LogP contribution in [0.1, 0.15) is 54.9 Å². The molecule has 0 aliphatic heterocycles. The average molecular weight is 554 g/mol. The number of anilines is 1. The van der Waals surface area contributed by atoms with Crippen LogP contribution in [0.3, 0.4) is 0 Å². The van der Waals surface area contributed by atoms with E-state index < -0.39 is 11.2 Å². The molecule has 200 valence electrons. The van der Waals surface area contributed by atoms with E-state index in [4.69, 9.17) is 13.6 Å². The summed E-state index contributed by atoms with van der Waals surface area (Å²) in [7, 11) is 1.38. The van der Waals surface area contributed by atoms with E-state index in [2.05, 4.69) is 36.1 Å². The minimum absolute atomic E-state index is 0.174. The third-order valence-electron chi connectivity index (χ3n) is 6.98. The Labute approximate surface area is 229 Å². The lowest BCUT2D eigenvalue weighted by Gasteiger charge is -2.33. The van der Waals surface area contributed by atoms with E-state index >= 15 is 0 Å². The highest BCUT2D eigenvalue weighted by atomic mass is 32.2. The summed E-state index contributed by atoms with van der Waals surface area (Å²) >= 11 is 2.78. The standard InChI is InChI=1S/C28H31N3O5S2/c1-15(37-27-29-22(18-8-6-12-35-18)23(30-27)19-9-7-13-36-19)24(32)31-25-21(26(33)34-5)17-11-10-16(28(2,3)4)14-20(17)38-25/h6-9,12-13,15-16H,10-11,14H2,1-5H3,(H,29,30)(H,31,32). The maximum absolute atomic E-state index is 13.3. The molecule has 5 rings (SSSR count). The van der Waals surface area contributed by atoms with Crippen LogP contribution in [0, 0.1) is 11.3 Å². The molecule has 0 fully saturated rings. The van der Waals surface area contributed by atoms with Crippen molar-refractivity contribution >= 4 is 40.0 Å². The number of rotatable bonds is 7. The number of imidazole rings is 1. The molecule has 2 N–H and O–H groups in total. The number of esters is 1. The van der Waals surface area contributed by atoms with Crippen molar-refractivity contribution in [2.75, 3.05) is 12.4 Å². The highest BCUT2D eigenvalue weighted by Gasteiger charge is 2.35. The van der Waals surface area contributed by atoms with Gasteiger partial charge in [-0.25, -0.2) is 9.78 Å². The number of nitrogens with zero attached hydrogens (tertiary/aromatic N) is 1. The topological polar surface area (TPSA) is 110 Å². The molecule has 0 saturated heterocycles. The van der Waals surface area contributed by atoms with Crippen LogP contribution in [-0.4, -0.2) is 34.2 Å². The van der Waals surface area contributed by atoms with Crippen LogP contribution in [-0.2, 0) is 22.4 Å². The molecule has 4 aromatic heterocycles. The molecule has 1 amide bonds. The molecule has 4 heterocycles. The number of nitrogens with one attached hydrogen (secondary N) is 2. The lowest BCUT2D eigenvalue weighted by molar-refractivity contribution is -0.115. The molecule has 4 aromatic rings. The summed E-state index contributed by atoms with van der Waals surface area (Å²) in [6.45, 7) is 8.57. The van der Waals surface area contributed by atoms with Gasteiger partial charge >= 0.3 is 5.97 Å². The van der Waals surface area contributed by atoms with Crippen LogP contribution in [0.2, 0.25) is 0 Å². The summed E-state index contributed by atoms with van der Waals surface area (Å²) in [5.74, 6) is 1.10. The van der Waals surface area contributed by atoms with Gasteiger partial charge in [-0.2, -0.15) is 0 Å². The largest absolute Gasteiger partial charge is 0.465 e. The summed E-state index contributed by atoms with van der Waals surface area (Å²) in [4.78, 5) is 35.2. The Morgan fingerprint density at radius 1 is 1.21 bits per heavy atom. The van der Waals surface area contributed by atoms with E-state index in [-0.39, 0.29) is 11.3 Å². The zero-order chi connectivity index (χ0) is 27.0. The van der Waals surface area contributed by atoms with Crippen LogP contribution in [0.15, 0.2) is 50.8 Å². The van der Waals surface area contributed by atoms with Crippen molar-refractivity contribution in [2.24, 2.45) is 11.3 Å². The first-order chi connectivity index (χ1) is 18.2. The summed E-state index contributed by atoms with van der Waals surface area (Å²) in [5.41, 5.74) is 2.95. The first kappa shape index (κ1) is 26.4. The smallest absolute Gasteiger partial charge is 0.341 e. The van der Waals surface area contributed by atoms with Crippen molar-refractivity contribution in [3.8, 4) is 22.9 Å². The van der Waals surface area contributed by atoms with E-state index in [1.807, 2.05) is 19.1 Å². The molecule has 0 aromatic carbocycles. The molecule has 0 spiro atoms. The Morgan fingerprint density at radius 3 is 2.55 bits per heavy atom. The quantitative estimate of drug-likeness (QED) is 0.186. The van der Waals surface area contributed by atoms with Crippen molar-refractivity contribution in [3.63, 3.8) is 0 Å². The Hall–Kier alpha value is -3.24. The monoisotopic (exact) mass is 553 g/mol. The van der Waals surface area contributed by atoms with Crippen LogP contribution in [0.4, 0.5) is 5.00 Å². The highest BCUT2D eigenvalue weighted by Crippen LogP contribution is 2.45. The Bertz CT molecular complexity index is 1380. The number of amides is 1. The Kier molecular flexibility index (Phi) is 7.28. The molecule has 1 aliphatic rings. The maximum atomic E-state index is 13.3. The number of carbonyl (C=O) groups excluding carboxylic acids is 2. The summed E-state index contributed by atoms with van der Waals surface area (Å²) in [5, 5.41) is 3.62. The van der Waals surface area contributed by atoms with Gasteiger partial charge in [0.1, 0.15) is 16.4 Å². The van der Waals surface area contributed by atoms with Crippen molar-refractivity contribution in [3.05, 3.63) is 52.8 Å². The van der Waals surface area contributed by atoms with Crippen LogP contribution >= 0.6 is 23.1 Å². The number of hydrogen-bond donors (Lipinski definition) is 2. The normalized spacial score (nSPS) is 16.2.